The van der Waals surface area contributed by atoms with E-state index in [1.807, 2.05) is 58.2 Å². The predicted molar refractivity (Wildman–Crippen MR) is 170 cm³/mol. The largest absolute Gasteiger partial charge is 0.459 e. The number of carbonyl (C=O) groups is 3. The lowest BCUT2D eigenvalue weighted by atomic mass is 9.70. The fourth-order valence-electron chi connectivity index (χ4n) is 6.79. The van der Waals surface area contributed by atoms with Gasteiger partial charge < -0.3 is 14.2 Å². The molecule has 9 nitrogen and oxygen atoms in total. The van der Waals surface area contributed by atoms with E-state index in [0.717, 1.165) is 22.9 Å². The van der Waals surface area contributed by atoms with Crippen molar-refractivity contribution in [2.45, 2.75) is 104 Å². The van der Waals surface area contributed by atoms with Crippen LogP contribution in [0.15, 0.2) is 41.7 Å². The fourth-order valence-corrected chi connectivity index (χ4v) is 6.79. The molecule has 44 heavy (non-hydrogen) atoms. The minimum absolute atomic E-state index is 0.160. The summed E-state index contributed by atoms with van der Waals surface area (Å²) < 4.78 is 18.2. The first-order chi connectivity index (χ1) is 20.7. The van der Waals surface area contributed by atoms with Gasteiger partial charge in [-0.15, -0.1) is 0 Å². The number of aromatic nitrogens is 1. The molecule has 0 spiro atoms. The molecule has 2 heterocycles. The molecule has 0 N–H and O–H groups in total. The zero-order valence-electron chi connectivity index (χ0n) is 27.8. The third-order valence-electron chi connectivity index (χ3n) is 10.2. The van der Waals surface area contributed by atoms with E-state index in [2.05, 4.69) is 16.2 Å². The van der Waals surface area contributed by atoms with Gasteiger partial charge in [0.1, 0.15) is 35.2 Å². The molecule has 1 aliphatic rings. The molecule has 2 aromatic rings. The van der Waals surface area contributed by atoms with Gasteiger partial charge in [-0.1, -0.05) is 58.0 Å². The average Bonchev–Trinajstić information content (AvgIpc) is 3.03. The van der Waals surface area contributed by atoms with E-state index in [4.69, 9.17) is 14.2 Å². The van der Waals surface area contributed by atoms with E-state index in [1.54, 1.807) is 27.7 Å². The number of carbonyl (C=O) groups excluding carboxylic acids is 3. The van der Waals surface area contributed by atoms with Gasteiger partial charge in [-0.3, -0.25) is 19.4 Å². The van der Waals surface area contributed by atoms with Crippen LogP contribution in [0, 0.1) is 34.5 Å². The zero-order chi connectivity index (χ0) is 32.8. The number of hydrogen-bond donors (Lipinski definition) is 0. The minimum Gasteiger partial charge on any atom is -0.459 e. The monoisotopic (exact) mass is 610 g/mol. The summed E-state index contributed by atoms with van der Waals surface area (Å²) in [6.07, 6.45) is 3.11. The number of aryl methyl sites for hydroxylation is 1. The first kappa shape index (κ1) is 35.4. The summed E-state index contributed by atoms with van der Waals surface area (Å²) in [5.74, 6) is -4.33. The standard InChI is InChI=1S/C35H50N2O7/c1-10-29-35(8,42-9)32(37-41)23(4)30(38)21(2)19-34(7,25(6)22(3)31(39)24(5)33(40)44-29)43-17-13-14-26-18-27-15-11-12-16-28(27)36-20-26/h11-12,15-16,18,20-25,29,32H,10,13-14,17,19H2,1-9H3/t21-,22-,23+,24-,25-,29-,32-,34-,35-/m1/s1. The highest BCUT2D eigenvalue weighted by Gasteiger charge is 2.51. The second-order valence-electron chi connectivity index (χ2n) is 13.1. The molecular weight excluding hydrogens is 560 g/mol. The van der Waals surface area contributed by atoms with E-state index < -0.39 is 53.0 Å². The molecule has 0 aliphatic carbocycles. The van der Waals surface area contributed by atoms with Gasteiger partial charge in [-0.25, -0.2) is 0 Å². The molecule has 1 fully saturated rings. The number of fused-ring (bicyclic) bond motifs is 1. The molecule has 0 saturated carbocycles. The first-order valence-electron chi connectivity index (χ1n) is 15.9. The Morgan fingerprint density at radius 3 is 2.34 bits per heavy atom. The summed E-state index contributed by atoms with van der Waals surface area (Å²) in [6.45, 7) is 14.6. The van der Waals surface area contributed by atoms with Crippen molar-refractivity contribution in [3.05, 3.63) is 47.0 Å². The van der Waals surface area contributed by atoms with Crippen molar-refractivity contribution in [1.82, 2.24) is 4.98 Å². The van der Waals surface area contributed by atoms with Crippen molar-refractivity contribution in [3.63, 3.8) is 0 Å². The van der Waals surface area contributed by atoms with Crippen LogP contribution in [0.1, 0.15) is 80.2 Å². The molecule has 3 rings (SSSR count). The van der Waals surface area contributed by atoms with Crippen LogP contribution in [0.25, 0.3) is 10.9 Å². The van der Waals surface area contributed by atoms with Crippen LogP contribution in [0.5, 0.6) is 0 Å². The Balaban J connectivity index is 1.90. The highest BCUT2D eigenvalue weighted by Crippen LogP contribution is 2.39. The Bertz CT molecular complexity index is 1330. The number of pyridine rings is 1. The molecule has 1 saturated heterocycles. The van der Waals surface area contributed by atoms with Gasteiger partial charge in [0.15, 0.2) is 0 Å². The number of nitrogens with zero attached hydrogens (tertiary/aromatic N) is 2. The number of cyclic esters (lactones) is 1. The van der Waals surface area contributed by atoms with Crippen LogP contribution < -0.4 is 0 Å². The summed E-state index contributed by atoms with van der Waals surface area (Å²) >= 11 is 0. The van der Waals surface area contributed by atoms with Crippen molar-refractivity contribution in [1.29, 1.82) is 0 Å². The van der Waals surface area contributed by atoms with Gasteiger partial charge in [-0.05, 0) is 70.1 Å². The number of methoxy groups -OCH3 is 1. The van der Waals surface area contributed by atoms with Crippen molar-refractivity contribution < 1.29 is 28.6 Å². The van der Waals surface area contributed by atoms with E-state index in [9.17, 15) is 19.3 Å². The Kier molecular flexibility index (Phi) is 11.9. The number of benzene rings is 1. The molecule has 1 aliphatic heterocycles. The molecule has 0 unspecified atom stereocenters. The van der Waals surface area contributed by atoms with Crippen LogP contribution in [0.4, 0.5) is 0 Å². The average molecular weight is 611 g/mol. The Labute approximate surface area is 261 Å². The SMILES string of the molecule is CC[C@H]1OC(=O)[C@H](C)C(=O)[C@H](C)[C@@H](C)[C@](C)(OCCCc2cnc3ccccc3c2)C[C@@H](C)C(=O)[C@H](C)[C@@H](N=O)[C@]1(C)OC. The lowest BCUT2D eigenvalue weighted by molar-refractivity contribution is -0.180. The normalized spacial score (nSPS) is 34.4. The van der Waals surface area contributed by atoms with Crippen LogP contribution in [0.2, 0.25) is 0 Å². The minimum atomic E-state index is -1.37. The van der Waals surface area contributed by atoms with Gasteiger partial charge >= 0.3 is 5.97 Å². The van der Waals surface area contributed by atoms with Crippen molar-refractivity contribution >= 4 is 28.4 Å². The first-order valence-corrected chi connectivity index (χ1v) is 15.9. The molecule has 9 atom stereocenters. The highest BCUT2D eigenvalue weighted by molar-refractivity contribution is 5.99. The molecule has 0 bridgehead atoms. The number of Topliss-reactive ketones (excluding diaryl/α,β-unsaturated/α-hetero) is 2. The Morgan fingerprint density at radius 1 is 1.02 bits per heavy atom. The summed E-state index contributed by atoms with van der Waals surface area (Å²) in [7, 11) is 1.41. The second kappa shape index (κ2) is 14.8. The molecule has 0 amide bonds. The van der Waals surface area contributed by atoms with Gasteiger partial charge in [0.05, 0.1) is 11.1 Å². The topological polar surface area (TPSA) is 121 Å². The summed E-state index contributed by atoms with van der Waals surface area (Å²) in [4.78, 5) is 57.6. The van der Waals surface area contributed by atoms with Crippen molar-refractivity contribution in [2.75, 3.05) is 13.7 Å². The maximum atomic E-state index is 13.9. The number of para-hydroxylation sites is 1. The molecular formula is C35H50N2O7. The fraction of sp³-hybridized carbons (Fsp3) is 0.657. The number of ether oxygens (including phenoxy) is 3. The zero-order valence-corrected chi connectivity index (χ0v) is 27.8. The maximum absolute atomic E-state index is 13.9. The lowest BCUT2D eigenvalue weighted by Gasteiger charge is -2.43. The predicted octanol–water partition coefficient (Wildman–Crippen LogP) is 6.53. The number of nitroso groups, excluding NO2 is 1. The Hall–Kier alpha value is -3.04. The number of ketones is 2. The van der Waals surface area contributed by atoms with Gasteiger partial charge in [-0.2, -0.15) is 4.91 Å². The third kappa shape index (κ3) is 7.42. The van der Waals surface area contributed by atoms with E-state index in [-0.39, 0.29) is 17.5 Å². The highest BCUT2D eigenvalue weighted by atomic mass is 16.6. The van der Waals surface area contributed by atoms with Crippen LogP contribution in [-0.4, -0.2) is 59.6 Å². The van der Waals surface area contributed by atoms with Gasteiger partial charge in [0, 0.05) is 43.1 Å². The molecule has 9 heteroatoms. The molecule has 1 aromatic carbocycles. The lowest BCUT2D eigenvalue weighted by Crippen LogP contribution is -2.56. The van der Waals surface area contributed by atoms with E-state index in [0.29, 0.717) is 25.9 Å². The number of rotatable bonds is 8. The second-order valence-corrected chi connectivity index (χ2v) is 13.1. The maximum Gasteiger partial charge on any atom is 0.316 e. The van der Waals surface area contributed by atoms with Gasteiger partial charge in [0.25, 0.3) is 0 Å². The number of hydrogen-bond acceptors (Lipinski definition) is 9. The van der Waals surface area contributed by atoms with Crippen LogP contribution in [-0.2, 0) is 35.0 Å². The molecule has 1 aromatic heterocycles. The summed E-state index contributed by atoms with van der Waals surface area (Å²) in [5, 5.41) is 4.43. The summed E-state index contributed by atoms with van der Waals surface area (Å²) in [5.41, 5.74) is -0.200. The van der Waals surface area contributed by atoms with Crippen molar-refractivity contribution in [2.24, 2.45) is 34.8 Å². The molecule has 242 valence electrons. The summed E-state index contributed by atoms with van der Waals surface area (Å²) in [6, 6.07) is 8.99. The quantitative estimate of drug-likeness (QED) is 0.143. The Morgan fingerprint density at radius 2 is 1.70 bits per heavy atom. The number of esters is 1. The van der Waals surface area contributed by atoms with Crippen molar-refractivity contribution in [3.8, 4) is 0 Å². The van der Waals surface area contributed by atoms with Crippen LogP contribution >= 0.6 is 0 Å². The van der Waals surface area contributed by atoms with E-state index >= 15 is 0 Å². The third-order valence-corrected chi connectivity index (χ3v) is 10.2. The van der Waals surface area contributed by atoms with Gasteiger partial charge in [0.2, 0.25) is 0 Å². The van der Waals surface area contributed by atoms with E-state index in [1.165, 1.54) is 7.11 Å². The smallest absolute Gasteiger partial charge is 0.316 e. The molecule has 0 radical (unpaired) electrons. The van der Waals surface area contributed by atoms with Crippen LogP contribution in [0.3, 0.4) is 0 Å².